The maximum Gasteiger partial charge on any atom is 0.266 e. The van der Waals surface area contributed by atoms with Gasteiger partial charge in [-0.2, -0.15) is 0 Å². The highest BCUT2D eigenvalue weighted by Crippen LogP contribution is 2.34. The molecule has 2 aromatic rings. The van der Waals surface area contributed by atoms with Crippen LogP contribution in [0.25, 0.3) is 6.08 Å². The van der Waals surface area contributed by atoms with Crippen molar-refractivity contribution in [3.05, 3.63) is 76.7 Å². The van der Waals surface area contributed by atoms with Gasteiger partial charge in [0, 0.05) is 27.8 Å². The number of ether oxygens (including phenoxy) is 1. The van der Waals surface area contributed by atoms with Crippen molar-refractivity contribution in [2.45, 2.75) is 4.90 Å². The Hall–Kier alpha value is -1.73. The summed E-state index contributed by atoms with van der Waals surface area (Å²) in [5.74, 6) is 1.45. The lowest BCUT2D eigenvalue weighted by Crippen LogP contribution is -2.27. The van der Waals surface area contributed by atoms with Gasteiger partial charge in [0.25, 0.3) is 5.91 Å². The fraction of sp³-hybridized carbons (Fsp3) is 0.143. The molecule has 0 radical (unpaired) electrons. The van der Waals surface area contributed by atoms with E-state index < -0.39 is 0 Å². The number of para-hydroxylation sites is 1. The SMILES string of the molecule is C=CCN1C(=O)/C(=C/c2ccccc2OCCSc2ccc(Cl)cc2)SC1=S. The topological polar surface area (TPSA) is 29.5 Å². The van der Waals surface area contributed by atoms with Gasteiger partial charge in [-0.15, -0.1) is 18.3 Å². The quantitative estimate of drug-likeness (QED) is 0.165. The Morgan fingerprint density at radius 2 is 1.96 bits per heavy atom. The summed E-state index contributed by atoms with van der Waals surface area (Å²) in [6, 6.07) is 15.4. The maximum absolute atomic E-state index is 12.5. The largest absolute Gasteiger partial charge is 0.492 e. The zero-order valence-corrected chi connectivity index (χ0v) is 18.2. The van der Waals surface area contributed by atoms with E-state index in [1.54, 1.807) is 22.7 Å². The number of carbonyl (C=O) groups is 1. The number of hydrogen-bond acceptors (Lipinski definition) is 5. The number of nitrogens with zero attached hydrogens (tertiary/aromatic N) is 1. The van der Waals surface area contributed by atoms with E-state index in [1.165, 1.54) is 11.8 Å². The second-order valence-corrected chi connectivity index (χ2v) is 9.05. The molecule has 1 amide bonds. The summed E-state index contributed by atoms with van der Waals surface area (Å²) in [5.41, 5.74) is 0.859. The smallest absolute Gasteiger partial charge is 0.266 e. The molecule has 3 rings (SSSR count). The molecule has 28 heavy (non-hydrogen) atoms. The van der Waals surface area contributed by atoms with Gasteiger partial charge < -0.3 is 4.74 Å². The fourth-order valence-corrected chi connectivity index (χ4v) is 4.62. The van der Waals surface area contributed by atoms with Crippen LogP contribution < -0.4 is 4.74 Å². The normalized spacial score (nSPS) is 15.3. The molecule has 1 saturated heterocycles. The molecule has 3 nitrogen and oxygen atoms in total. The summed E-state index contributed by atoms with van der Waals surface area (Å²) in [7, 11) is 0. The molecule has 0 spiro atoms. The minimum atomic E-state index is -0.0944. The second kappa shape index (κ2) is 10.2. The van der Waals surface area contributed by atoms with E-state index in [9.17, 15) is 4.79 Å². The molecule has 0 aliphatic carbocycles. The van der Waals surface area contributed by atoms with Crippen molar-refractivity contribution in [1.82, 2.24) is 4.90 Å². The first kappa shape index (κ1) is 21.0. The van der Waals surface area contributed by atoms with Crippen LogP contribution in [0, 0.1) is 0 Å². The highest BCUT2D eigenvalue weighted by atomic mass is 35.5. The number of thioether (sulfide) groups is 2. The Kier molecular flexibility index (Phi) is 7.62. The molecular weight excluding hydrogens is 430 g/mol. The number of benzene rings is 2. The van der Waals surface area contributed by atoms with Crippen LogP contribution in [0.15, 0.2) is 71.0 Å². The van der Waals surface area contributed by atoms with E-state index in [0.29, 0.717) is 22.4 Å². The van der Waals surface area contributed by atoms with Crippen molar-refractivity contribution in [3.8, 4) is 5.75 Å². The van der Waals surface area contributed by atoms with Crippen molar-refractivity contribution in [3.63, 3.8) is 0 Å². The van der Waals surface area contributed by atoms with Crippen LogP contribution in [0.4, 0.5) is 0 Å². The van der Waals surface area contributed by atoms with Gasteiger partial charge in [-0.05, 0) is 36.4 Å². The fourth-order valence-electron chi connectivity index (χ4n) is 2.50. The van der Waals surface area contributed by atoms with E-state index in [1.807, 2.05) is 54.6 Å². The molecule has 0 unspecified atom stereocenters. The lowest BCUT2D eigenvalue weighted by molar-refractivity contribution is -0.121. The molecule has 7 heteroatoms. The van der Waals surface area contributed by atoms with Gasteiger partial charge in [-0.3, -0.25) is 9.69 Å². The van der Waals surface area contributed by atoms with Gasteiger partial charge in [0.05, 0.1) is 11.5 Å². The van der Waals surface area contributed by atoms with E-state index in [4.69, 9.17) is 28.6 Å². The Morgan fingerprint density at radius 1 is 1.21 bits per heavy atom. The third kappa shape index (κ3) is 5.41. The average Bonchev–Trinajstić information content (AvgIpc) is 2.95. The molecule has 1 fully saturated rings. The summed E-state index contributed by atoms with van der Waals surface area (Å²) in [6.45, 7) is 4.64. The second-order valence-electron chi connectivity index (χ2n) is 5.77. The summed E-state index contributed by atoms with van der Waals surface area (Å²) in [4.78, 5) is 15.8. The average molecular weight is 448 g/mol. The van der Waals surface area contributed by atoms with Gasteiger partial charge in [0.15, 0.2) is 0 Å². The highest BCUT2D eigenvalue weighted by Gasteiger charge is 2.31. The van der Waals surface area contributed by atoms with Crippen molar-refractivity contribution < 1.29 is 9.53 Å². The van der Waals surface area contributed by atoms with Crippen molar-refractivity contribution in [2.75, 3.05) is 18.9 Å². The van der Waals surface area contributed by atoms with Crippen molar-refractivity contribution in [1.29, 1.82) is 0 Å². The monoisotopic (exact) mass is 447 g/mol. The lowest BCUT2D eigenvalue weighted by Gasteiger charge is -2.11. The van der Waals surface area contributed by atoms with Crippen molar-refractivity contribution in [2.24, 2.45) is 0 Å². The molecule has 1 aliphatic rings. The molecule has 1 aliphatic heterocycles. The number of carbonyl (C=O) groups excluding carboxylic acids is 1. The molecule has 0 saturated carbocycles. The predicted octanol–water partition coefficient (Wildman–Crippen LogP) is 5.90. The van der Waals surface area contributed by atoms with Crippen LogP contribution in [-0.2, 0) is 4.79 Å². The summed E-state index contributed by atoms with van der Waals surface area (Å²) < 4.78 is 6.50. The Balaban J connectivity index is 1.63. The number of halogens is 1. The maximum atomic E-state index is 12.5. The minimum absolute atomic E-state index is 0.0944. The highest BCUT2D eigenvalue weighted by molar-refractivity contribution is 8.26. The predicted molar refractivity (Wildman–Crippen MR) is 124 cm³/mol. The first-order valence-electron chi connectivity index (χ1n) is 8.55. The number of hydrogen-bond donors (Lipinski definition) is 0. The van der Waals surface area contributed by atoms with E-state index in [0.717, 1.165) is 27.0 Å². The van der Waals surface area contributed by atoms with Gasteiger partial charge >= 0.3 is 0 Å². The van der Waals surface area contributed by atoms with Crippen LogP contribution in [0.2, 0.25) is 5.02 Å². The lowest BCUT2D eigenvalue weighted by atomic mass is 10.2. The molecule has 0 aromatic heterocycles. The minimum Gasteiger partial charge on any atom is -0.492 e. The molecule has 1 heterocycles. The summed E-state index contributed by atoms with van der Waals surface area (Å²) in [5, 5.41) is 0.730. The molecule has 0 atom stereocenters. The van der Waals surface area contributed by atoms with Crippen LogP contribution >= 0.6 is 47.3 Å². The first-order chi connectivity index (χ1) is 13.6. The molecule has 0 N–H and O–H groups in total. The molecule has 144 valence electrons. The van der Waals surface area contributed by atoms with Gasteiger partial charge in [0.1, 0.15) is 10.1 Å². The molecule has 0 bridgehead atoms. The van der Waals surface area contributed by atoms with Gasteiger partial charge in [-0.25, -0.2) is 0 Å². The first-order valence-corrected chi connectivity index (χ1v) is 11.1. The number of thiocarbonyl (C=S) groups is 1. The van der Waals surface area contributed by atoms with E-state index in [-0.39, 0.29) is 5.91 Å². The Bertz CT molecular complexity index is 912. The van der Waals surface area contributed by atoms with Crippen LogP contribution in [0.1, 0.15) is 5.56 Å². The number of amides is 1. The van der Waals surface area contributed by atoms with Gasteiger partial charge in [-0.1, -0.05) is 59.9 Å². The third-order valence-electron chi connectivity index (χ3n) is 3.81. The summed E-state index contributed by atoms with van der Waals surface area (Å²) in [6.07, 6.45) is 3.51. The zero-order chi connectivity index (χ0) is 19.9. The molecule has 2 aromatic carbocycles. The van der Waals surface area contributed by atoms with E-state index in [2.05, 4.69) is 6.58 Å². The van der Waals surface area contributed by atoms with Gasteiger partial charge in [0.2, 0.25) is 0 Å². The third-order valence-corrected chi connectivity index (χ3v) is 6.42. The Labute approximate surface area is 183 Å². The summed E-state index contributed by atoms with van der Waals surface area (Å²) >= 11 is 14.2. The zero-order valence-electron chi connectivity index (χ0n) is 15.0. The Morgan fingerprint density at radius 3 is 2.71 bits per heavy atom. The van der Waals surface area contributed by atoms with Crippen LogP contribution in [0.3, 0.4) is 0 Å². The number of rotatable bonds is 8. The van der Waals surface area contributed by atoms with Crippen LogP contribution in [-0.4, -0.2) is 34.0 Å². The standard InChI is InChI=1S/C21H18ClNO2S3/c1-2-11-23-20(24)19(28-21(23)26)14-15-5-3-4-6-18(15)25-12-13-27-17-9-7-16(22)8-10-17/h2-10,14H,1,11-13H2/b19-14-. The van der Waals surface area contributed by atoms with Crippen molar-refractivity contribution >= 4 is 63.6 Å². The molecular formula is C21H18ClNO2S3. The van der Waals surface area contributed by atoms with E-state index >= 15 is 0 Å². The van der Waals surface area contributed by atoms with Crippen LogP contribution in [0.5, 0.6) is 5.75 Å².